The average Bonchev–Trinajstić information content (AvgIpc) is 2.80. The van der Waals surface area contributed by atoms with Crippen molar-refractivity contribution in [3.05, 3.63) is 40.6 Å². The van der Waals surface area contributed by atoms with Gasteiger partial charge in [-0.1, -0.05) is 11.6 Å². The second-order valence-corrected chi connectivity index (χ2v) is 4.35. The van der Waals surface area contributed by atoms with Crippen LogP contribution in [0.25, 0.3) is 0 Å². The first-order valence-corrected chi connectivity index (χ1v) is 5.73. The van der Waals surface area contributed by atoms with Crippen molar-refractivity contribution in [2.45, 2.75) is 0 Å². The van der Waals surface area contributed by atoms with Crippen molar-refractivity contribution in [3.63, 3.8) is 0 Å². The molecular formula is C10H8ClN3OS. The van der Waals surface area contributed by atoms with Crippen LogP contribution in [0.5, 0.6) is 0 Å². The molecule has 2 rings (SSSR count). The summed E-state index contributed by atoms with van der Waals surface area (Å²) in [5.41, 5.74) is 0.310. The van der Waals surface area contributed by atoms with Crippen LogP contribution in [0.15, 0.2) is 29.9 Å². The first-order chi connectivity index (χ1) is 7.68. The predicted octanol–water partition coefficient (Wildman–Crippen LogP) is 2.47. The standard InChI is InChI=1S/C10H8ClN3OS/c1-14(10-13-4-5-16-10)9(15)8-6-7(11)2-3-12-8/h2-6H,1H3. The van der Waals surface area contributed by atoms with E-state index in [9.17, 15) is 4.79 Å². The summed E-state index contributed by atoms with van der Waals surface area (Å²) in [5.74, 6) is -0.225. The zero-order valence-corrected chi connectivity index (χ0v) is 10.00. The van der Waals surface area contributed by atoms with Crippen molar-refractivity contribution >= 4 is 34.0 Å². The molecule has 0 fully saturated rings. The number of pyridine rings is 1. The van der Waals surface area contributed by atoms with Crippen molar-refractivity contribution < 1.29 is 4.79 Å². The highest BCUT2D eigenvalue weighted by molar-refractivity contribution is 7.13. The third-order valence-corrected chi connectivity index (χ3v) is 3.03. The second kappa shape index (κ2) is 4.59. The zero-order valence-electron chi connectivity index (χ0n) is 8.42. The van der Waals surface area contributed by atoms with Crippen LogP contribution in [-0.4, -0.2) is 22.9 Å². The minimum Gasteiger partial charge on any atom is -0.286 e. The van der Waals surface area contributed by atoms with Gasteiger partial charge in [-0.25, -0.2) is 4.98 Å². The van der Waals surface area contributed by atoms with Crippen LogP contribution in [0.2, 0.25) is 5.02 Å². The summed E-state index contributed by atoms with van der Waals surface area (Å²) in [5, 5.41) is 2.93. The van der Waals surface area contributed by atoms with E-state index < -0.39 is 0 Å². The van der Waals surface area contributed by atoms with Gasteiger partial charge < -0.3 is 0 Å². The van der Waals surface area contributed by atoms with Crippen LogP contribution in [-0.2, 0) is 0 Å². The number of carbonyl (C=O) groups excluding carboxylic acids is 1. The molecule has 0 aliphatic rings. The lowest BCUT2D eigenvalue weighted by Gasteiger charge is -2.12. The molecule has 0 N–H and O–H groups in total. The van der Waals surface area contributed by atoms with Gasteiger partial charge in [0.1, 0.15) is 5.69 Å². The van der Waals surface area contributed by atoms with E-state index >= 15 is 0 Å². The number of thiazole rings is 1. The smallest absolute Gasteiger partial charge is 0.278 e. The molecule has 0 saturated heterocycles. The molecule has 0 bridgehead atoms. The highest BCUT2D eigenvalue weighted by Gasteiger charge is 2.16. The number of anilines is 1. The van der Waals surface area contributed by atoms with Crippen LogP contribution in [0.4, 0.5) is 5.13 Å². The Morgan fingerprint density at radius 3 is 2.88 bits per heavy atom. The second-order valence-electron chi connectivity index (χ2n) is 3.04. The molecular weight excluding hydrogens is 246 g/mol. The van der Waals surface area contributed by atoms with E-state index in [-0.39, 0.29) is 5.91 Å². The van der Waals surface area contributed by atoms with E-state index in [2.05, 4.69) is 9.97 Å². The maximum absolute atomic E-state index is 12.0. The van der Waals surface area contributed by atoms with E-state index in [1.807, 2.05) is 5.38 Å². The van der Waals surface area contributed by atoms with Gasteiger partial charge in [-0.3, -0.25) is 14.7 Å². The lowest BCUT2D eigenvalue weighted by molar-refractivity contribution is 0.0988. The summed E-state index contributed by atoms with van der Waals surface area (Å²) < 4.78 is 0. The fraction of sp³-hybridized carbons (Fsp3) is 0.100. The van der Waals surface area contributed by atoms with Crippen molar-refractivity contribution in [1.29, 1.82) is 0 Å². The van der Waals surface area contributed by atoms with Gasteiger partial charge in [0.15, 0.2) is 5.13 Å². The number of aromatic nitrogens is 2. The van der Waals surface area contributed by atoms with Crippen molar-refractivity contribution in [3.8, 4) is 0 Å². The maximum Gasteiger partial charge on any atom is 0.278 e. The number of nitrogens with zero attached hydrogens (tertiary/aromatic N) is 3. The predicted molar refractivity (Wildman–Crippen MR) is 64.1 cm³/mol. The minimum atomic E-state index is -0.225. The third kappa shape index (κ3) is 2.20. The molecule has 0 aromatic carbocycles. The normalized spacial score (nSPS) is 10.1. The first kappa shape index (κ1) is 11.0. The van der Waals surface area contributed by atoms with Gasteiger partial charge in [0, 0.05) is 29.8 Å². The Labute approximate surface area is 102 Å². The van der Waals surface area contributed by atoms with Crippen molar-refractivity contribution in [2.75, 3.05) is 11.9 Å². The van der Waals surface area contributed by atoms with Gasteiger partial charge in [-0.05, 0) is 12.1 Å². The molecule has 4 nitrogen and oxygen atoms in total. The Morgan fingerprint density at radius 1 is 1.44 bits per heavy atom. The van der Waals surface area contributed by atoms with Crippen LogP contribution < -0.4 is 4.90 Å². The fourth-order valence-electron chi connectivity index (χ4n) is 1.16. The van der Waals surface area contributed by atoms with Gasteiger partial charge in [0.25, 0.3) is 5.91 Å². The highest BCUT2D eigenvalue weighted by atomic mass is 35.5. The van der Waals surface area contributed by atoms with E-state index in [0.717, 1.165) is 0 Å². The molecule has 6 heteroatoms. The van der Waals surface area contributed by atoms with Gasteiger partial charge >= 0.3 is 0 Å². The molecule has 0 saturated carbocycles. The zero-order chi connectivity index (χ0) is 11.5. The molecule has 2 aromatic rings. The van der Waals surface area contributed by atoms with Gasteiger partial charge in [0.2, 0.25) is 0 Å². The molecule has 2 heterocycles. The topological polar surface area (TPSA) is 46.1 Å². The number of hydrogen-bond donors (Lipinski definition) is 0. The molecule has 0 atom stereocenters. The number of halogens is 1. The van der Waals surface area contributed by atoms with E-state index in [0.29, 0.717) is 15.8 Å². The summed E-state index contributed by atoms with van der Waals surface area (Å²) in [6, 6.07) is 3.16. The van der Waals surface area contributed by atoms with Crippen LogP contribution in [0.3, 0.4) is 0 Å². The maximum atomic E-state index is 12.0. The van der Waals surface area contributed by atoms with E-state index in [1.54, 1.807) is 19.3 Å². The van der Waals surface area contributed by atoms with Crippen molar-refractivity contribution in [2.24, 2.45) is 0 Å². The van der Waals surface area contributed by atoms with Crippen LogP contribution >= 0.6 is 22.9 Å². The number of hydrogen-bond acceptors (Lipinski definition) is 4. The molecule has 0 radical (unpaired) electrons. The van der Waals surface area contributed by atoms with Gasteiger partial charge in [-0.2, -0.15) is 0 Å². The Kier molecular flexibility index (Phi) is 3.17. The SMILES string of the molecule is CN(C(=O)c1cc(Cl)ccn1)c1nccs1. The molecule has 0 unspecified atom stereocenters. The molecule has 2 aromatic heterocycles. The average molecular weight is 254 g/mol. The number of carbonyl (C=O) groups is 1. The lowest BCUT2D eigenvalue weighted by atomic mass is 10.3. The summed E-state index contributed by atoms with van der Waals surface area (Å²) in [6.07, 6.45) is 3.15. The molecule has 82 valence electrons. The summed E-state index contributed by atoms with van der Waals surface area (Å²) in [6.45, 7) is 0. The minimum absolute atomic E-state index is 0.225. The van der Waals surface area contributed by atoms with Crippen LogP contribution in [0.1, 0.15) is 10.5 Å². The largest absolute Gasteiger partial charge is 0.286 e. The van der Waals surface area contributed by atoms with Gasteiger partial charge in [-0.15, -0.1) is 11.3 Å². The van der Waals surface area contributed by atoms with Crippen LogP contribution in [0, 0.1) is 0 Å². The molecule has 16 heavy (non-hydrogen) atoms. The first-order valence-electron chi connectivity index (χ1n) is 4.47. The molecule has 0 aliphatic carbocycles. The van der Waals surface area contributed by atoms with E-state index in [4.69, 9.17) is 11.6 Å². The monoisotopic (exact) mass is 253 g/mol. The number of rotatable bonds is 2. The Balaban J connectivity index is 2.26. The summed E-state index contributed by atoms with van der Waals surface area (Å²) >= 11 is 7.19. The van der Waals surface area contributed by atoms with E-state index in [1.165, 1.54) is 28.5 Å². The molecule has 1 amide bonds. The molecule has 0 aliphatic heterocycles. The Bertz CT molecular complexity index is 501. The Hall–Kier alpha value is -1.46. The summed E-state index contributed by atoms with van der Waals surface area (Å²) in [7, 11) is 1.66. The molecule has 0 spiro atoms. The van der Waals surface area contributed by atoms with Crippen molar-refractivity contribution in [1.82, 2.24) is 9.97 Å². The lowest BCUT2D eigenvalue weighted by Crippen LogP contribution is -2.26. The quantitative estimate of drug-likeness (QED) is 0.826. The highest BCUT2D eigenvalue weighted by Crippen LogP contribution is 2.18. The fourth-order valence-corrected chi connectivity index (χ4v) is 1.93. The Morgan fingerprint density at radius 2 is 2.25 bits per heavy atom. The third-order valence-electron chi connectivity index (χ3n) is 1.95. The number of amides is 1. The van der Waals surface area contributed by atoms with Gasteiger partial charge in [0.05, 0.1) is 0 Å². The summed E-state index contributed by atoms with van der Waals surface area (Å²) in [4.78, 5) is 21.4.